The highest BCUT2D eigenvalue weighted by Crippen LogP contribution is 2.20. The largest absolute Gasteiger partial charge is 0.492 e. The molecule has 0 unspecified atom stereocenters. The van der Waals surface area contributed by atoms with Crippen LogP contribution in [0.4, 0.5) is 10.8 Å². The summed E-state index contributed by atoms with van der Waals surface area (Å²) in [7, 11) is 2.03. The van der Waals surface area contributed by atoms with Gasteiger partial charge in [0.1, 0.15) is 12.4 Å². The molecule has 0 fully saturated rings. The molecule has 1 aromatic heterocycles. The van der Waals surface area contributed by atoms with Crippen molar-refractivity contribution in [2.24, 2.45) is 0 Å². The van der Waals surface area contributed by atoms with Crippen LogP contribution in [0, 0.1) is 10.9 Å². The van der Waals surface area contributed by atoms with E-state index in [1.54, 1.807) is 0 Å². The highest BCUT2D eigenvalue weighted by Gasteiger charge is 2.07. The molecule has 136 valence electrons. The summed E-state index contributed by atoms with van der Waals surface area (Å²) in [6, 6.07) is 18.0. The summed E-state index contributed by atoms with van der Waals surface area (Å²) < 4.78 is 8.31. The second-order valence-electron chi connectivity index (χ2n) is 6.05. The number of ether oxygens (including phenoxy) is 1. The molecule has 1 heterocycles. The van der Waals surface area contributed by atoms with Crippen molar-refractivity contribution in [3.05, 3.63) is 64.1 Å². The summed E-state index contributed by atoms with van der Waals surface area (Å²) in [4.78, 5) is 2.13. The Bertz CT molecular complexity index is 875. The monoisotopic (exact) mass is 386 g/mol. The Kier molecular flexibility index (Phi) is 6.38. The number of aryl methyl sites for hydroxylation is 1. The zero-order valence-corrected chi connectivity index (χ0v) is 16.5. The Balaban J connectivity index is 1.52. The minimum absolute atomic E-state index is 0.618. The zero-order chi connectivity index (χ0) is 18.4. The SMILES string of the molecule is Cc1ccc(Nc2nn(CN(C)CCOc3ccccc3)c(=S)s2)cc1. The molecule has 26 heavy (non-hydrogen) atoms. The highest BCUT2D eigenvalue weighted by atomic mass is 32.1. The number of hydrogen-bond donors (Lipinski definition) is 1. The third-order valence-corrected chi connectivity index (χ3v) is 4.99. The average molecular weight is 387 g/mol. The van der Waals surface area contributed by atoms with Gasteiger partial charge in [-0.3, -0.25) is 4.90 Å². The maximum absolute atomic E-state index is 5.73. The maximum Gasteiger partial charge on any atom is 0.209 e. The number of benzene rings is 2. The molecule has 1 N–H and O–H groups in total. The Morgan fingerprint density at radius 3 is 2.62 bits per heavy atom. The summed E-state index contributed by atoms with van der Waals surface area (Å²) in [5.74, 6) is 0.885. The topological polar surface area (TPSA) is 42.3 Å². The van der Waals surface area contributed by atoms with Crippen LogP contribution in [0.2, 0.25) is 0 Å². The van der Waals surface area contributed by atoms with Gasteiger partial charge in [-0.2, -0.15) is 0 Å². The van der Waals surface area contributed by atoms with E-state index in [2.05, 4.69) is 34.4 Å². The van der Waals surface area contributed by atoms with E-state index in [9.17, 15) is 0 Å². The van der Waals surface area contributed by atoms with Gasteiger partial charge in [0.15, 0.2) is 3.95 Å². The van der Waals surface area contributed by atoms with Gasteiger partial charge in [0.05, 0.1) is 6.67 Å². The standard InChI is InChI=1S/C19H22N4OS2/c1-15-8-10-16(11-9-15)20-18-21-23(19(25)26-18)14-22(2)12-13-24-17-6-4-3-5-7-17/h3-11H,12-14H2,1-2H3,(H,20,21). The normalized spacial score (nSPS) is 10.9. The summed E-state index contributed by atoms with van der Waals surface area (Å²) in [6.45, 7) is 4.10. The van der Waals surface area contributed by atoms with E-state index in [0.29, 0.717) is 13.3 Å². The predicted octanol–water partition coefficient (Wildman–Crippen LogP) is 4.69. The first-order chi connectivity index (χ1) is 12.6. The lowest BCUT2D eigenvalue weighted by molar-refractivity contribution is 0.198. The predicted molar refractivity (Wildman–Crippen MR) is 110 cm³/mol. The van der Waals surface area contributed by atoms with Gasteiger partial charge in [0.2, 0.25) is 5.13 Å². The number of anilines is 2. The van der Waals surface area contributed by atoms with Gasteiger partial charge >= 0.3 is 0 Å². The van der Waals surface area contributed by atoms with Crippen LogP contribution in [-0.2, 0) is 6.67 Å². The number of likely N-dealkylation sites (N-methyl/N-ethyl adjacent to an activating group) is 1. The minimum Gasteiger partial charge on any atom is -0.492 e. The molecular formula is C19H22N4OS2. The van der Waals surface area contributed by atoms with E-state index < -0.39 is 0 Å². The quantitative estimate of drug-likeness (QED) is 0.569. The number of hydrogen-bond acceptors (Lipinski definition) is 6. The van der Waals surface area contributed by atoms with Crippen molar-refractivity contribution in [2.75, 3.05) is 25.5 Å². The number of nitrogens with one attached hydrogen (secondary N) is 1. The second kappa shape index (κ2) is 8.93. The Morgan fingerprint density at radius 2 is 1.88 bits per heavy atom. The lowest BCUT2D eigenvalue weighted by Gasteiger charge is -2.16. The molecule has 0 atom stereocenters. The smallest absolute Gasteiger partial charge is 0.209 e. The first-order valence-electron chi connectivity index (χ1n) is 8.38. The van der Waals surface area contributed by atoms with E-state index in [1.165, 1.54) is 16.9 Å². The fraction of sp³-hybridized carbons (Fsp3) is 0.263. The molecule has 5 nitrogen and oxygen atoms in total. The molecule has 2 aromatic carbocycles. The molecule has 0 spiro atoms. The molecule has 0 saturated heterocycles. The first-order valence-corrected chi connectivity index (χ1v) is 9.61. The Hall–Kier alpha value is -2.22. The van der Waals surface area contributed by atoms with Gasteiger partial charge < -0.3 is 10.1 Å². The lowest BCUT2D eigenvalue weighted by atomic mass is 10.2. The van der Waals surface area contributed by atoms with Crippen LogP contribution in [-0.4, -0.2) is 34.9 Å². The first kappa shape index (κ1) is 18.6. The van der Waals surface area contributed by atoms with E-state index in [-0.39, 0.29) is 0 Å². The molecular weight excluding hydrogens is 364 g/mol. The fourth-order valence-electron chi connectivity index (χ4n) is 2.34. The molecule has 0 aliphatic carbocycles. The van der Waals surface area contributed by atoms with Crippen molar-refractivity contribution in [3.8, 4) is 5.75 Å². The second-order valence-corrected chi connectivity index (χ2v) is 7.67. The van der Waals surface area contributed by atoms with Crippen LogP contribution in [0.5, 0.6) is 5.75 Å². The van der Waals surface area contributed by atoms with E-state index in [0.717, 1.165) is 27.1 Å². The van der Waals surface area contributed by atoms with Crippen LogP contribution in [0.1, 0.15) is 5.56 Å². The fourth-order valence-corrected chi connectivity index (χ4v) is 3.35. The van der Waals surface area contributed by atoms with Crippen LogP contribution in [0.25, 0.3) is 0 Å². The highest BCUT2D eigenvalue weighted by molar-refractivity contribution is 7.73. The zero-order valence-electron chi connectivity index (χ0n) is 14.9. The van der Waals surface area contributed by atoms with Crippen LogP contribution in [0.15, 0.2) is 54.6 Å². The third-order valence-electron chi connectivity index (χ3n) is 3.77. The average Bonchev–Trinajstić information content (AvgIpc) is 2.97. The third kappa shape index (κ3) is 5.39. The summed E-state index contributed by atoms with van der Waals surface area (Å²) in [6.07, 6.45) is 0. The number of aromatic nitrogens is 2. The summed E-state index contributed by atoms with van der Waals surface area (Å²) >= 11 is 6.91. The van der Waals surface area contributed by atoms with Gasteiger partial charge in [-0.25, -0.2) is 4.68 Å². The van der Waals surface area contributed by atoms with Crippen LogP contribution in [0.3, 0.4) is 0 Å². The van der Waals surface area contributed by atoms with Crippen LogP contribution < -0.4 is 10.1 Å². The molecule has 0 aliphatic rings. The summed E-state index contributed by atoms with van der Waals surface area (Å²) in [5, 5.41) is 8.68. The molecule has 0 aliphatic heterocycles. The Morgan fingerprint density at radius 1 is 1.15 bits per heavy atom. The van der Waals surface area contributed by atoms with Crippen molar-refractivity contribution in [3.63, 3.8) is 0 Å². The number of rotatable bonds is 8. The lowest BCUT2D eigenvalue weighted by Crippen LogP contribution is -2.27. The maximum atomic E-state index is 5.73. The van der Waals surface area contributed by atoms with Crippen molar-refractivity contribution >= 4 is 34.4 Å². The molecule has 3 rings (SSSR count). The van der Waals surface area contributed by atoms with Crippen molar-refractivity contribution in [1.82, 2.24) is 14.7 Å². The van der Waals surface area contributed by atoms with Crippen molar-refractivity contribution < 1.29 is 4.74 Å². The molecule has 0 amide bonds. The van der Waals surface area contributed by atoms with Crippen LogP contribution >= 0.6 is 23.6 Å². The molecule has 7 heteroatoms. The number of nitrogens with zero attached hydrogens (tertiary/aromatic N) is 3. The van der Waals surface area contributed by atoms with Gasteiger partial charge in [0.25, 0.3) is 0 Å². The van der Waals surface area contributed by atoms with E-state index >= 15 is 0 Å². The molecule has 0 saturated carbocycles. The van der Waals surface area contributed by atoms with Crippen molar-refractivity contribution in [1.29, 1.82) is 0 Å². The van der Waals surface area contributed by atoms with Crippen molar-refractivity contribution in [2.45, 2.75) is 13.6 Å². The Labute approximate surface area is 162 Å². The molecule has 0 radical (unpaired) electrons. The van der Waals surface area contributed by atoms with Gasteiger partial charge in [-0.15, -0.1) is 5.10 Å². The minimum atomic E-state index is 0.618. The number of para-hydroxylation sites is 1. The van der Waals surface area contributed by atoms with Gasteiger partial charge in [-0.05, 0) is 50.5 Å². The molecule has 0 bridgehead atoms. The van der Waals surface area contributed by atoms with Gasteiger partial charge in [-0.1, -0.05) is 47.2 Å². The van der Waals surface area contributed by atoms with Gasteiger partial charge in [0, 0.05) is 12.2 Å². The van der Waals surface area contributed by atoms with E-state index in [1.807, 2.05) is 54.2 Å². The summed E-state index contributed by atoms with van der Waals surface area (Å²) in [5.41, 5.74) is 2.24. The molecule has 3 aromatic rings. The van der Waals surface area contributed by atoms with E-state index in [4.69, 9.17) is 17.0 Å².